The van der Waals surface area contributed by atoms with Crippen LogP contribution >= 0.6 is 0 Å². The monoisotopic (exact) mass is 225 g/mol. The van der Waals surface area contributed by atoms with E-state index in [9.17, 15) is 13.2 Å². The lowest BCUT2D eigenvalue weighted by Crippen LogP contribution is -2.28. The molecule has 91 valence electrons. The van der Waals surface area contributed by atoms with E-state index >= 15 is 0 Å². The molecule has 0 rings (SSSR count). The summed E-state index contributed by atoms with van der Waals surface area (Å²) in [7, 11) is 0. The Bertz CT molecular complexity index is 145. The van der Waals surface area contributed by atoms with Crippen LogP contribution in [0.4, 0.5) is 13.2 Å². The molecule has 4 heteroatoms. The van der Waals surface area contributed by atoms with Crippen molar-refractivity contribution in [1.82, 2.24) is 0 Å². The summed E-state index contributed by atoms with van der Waals surface area (Å²) in [6, 6.07) is 0. The van der Waals surface area contributed by atoms with Crippen LogP contribution in [0, 0.1) is 6.92 Å². The average Bonchev–Trinajstić information content (AvgIpc) is 2.14. The lowest BCUT2D eigenvalue weighted by molar-refractivity contribution is -0.205. The van der Waals surface area contributed by atoms with Crippen molar-refractivity contribution in [2.75, 3.05) is 0 Å². The highest BCUT2D eigenvalue weighted by atomic mass is 19.4. The molecule has 1 unspecified atom stereocenters. The second-order valence-electron chi connectivity index (χ2n) is 3.82. The van der Waals surface area contributed by atoms with E-state index < -0.39 is 12.3 Å². The molecule has 1 N–H and O–H groups in total. The number of aliphatic hydroxyl groups excluding tert-OH is 1. The molecule has 0 fully saturated rings. The SMILES string of the molecule is [CH2]CCCCCCCCC(O)C(F)(F)F. The van der Waals surface area contributed by atoms with Gasteiger partial charge in [-0.2, -0.15) is 13.2 Å². The molecule has 15 heavy (non-hydrogen) atoms. The largest absolute Gasteiger partial charge is 0.414 e. The van der Waals surface area contributed by atoms with Crippen LogP contribution in [-0.4, -0.2) is 17.4 Å². The molecule has 0 saturated heterocycles. The first-order chi connectivity index (χ1) is 6.98. The zero-order valence-corrected chi connectivity index (χ0v) is 9.02. The number of rotatable bonds is 8. The number of hydrogen-bond donors (Lipinski definition) is 1. The van der Waals surface area contributed by atoms with Gasteiger partial charge in [-0.15, -0.1) is 0 Å². The zero-order valence-electron chi connectivity index (χ0n) is 9.02. The molecule has 1 nitrogen and oxygen atoms in total. The Morgan fingerprint density at radius 2 is 1.40 bits per heavy atom. The Balaban J connectivity index is 3.24. The third-order valence-electron chi connectivity index (χ3n) is 2.36. The number of hydrogen-bond acceptors (Lipinski definition) is 1. The van der Waals surface area contributed by atoms with E-state index in [1.54, 1.807) is 0 Å². The molecule has 1 atom stereocenters. The van der Waals surface area contributed by atoms with E-state index in [-0.39, 0.29) is 6.42 Å². The lowest BCUT2D eigenvalue weighted by atomic mass is 10.1. The maximum absolute atomic E-state index is 11.9. The van der Waals surface area contributed by atoms with Crippen molar-refractivity contribution in [1.29, 1.82) is 0 Å². The van der Waals surface area contributed by atoms with E-state index in [1.165, 1.54) is 0 Å². The van der Waals surface area contributed by atoms with Crippen LogP contribution in [-0.2, 0) is 0 Å². The third-order valence-corrected chi connectivity index (χ3v) is 2.36. The maximum Gasteiger partial charge on any atom is 0.414 e. The van der Waals surface area contributed by atoms with Crippen LogP contribution in [0.25, 0.3) is 0 Å². The summed E-state index contributed by atoms with van der Waals surface area (Å²) < 4.78 is 35.6. The van der Waals surface area contributed by atoms with Crippen LogP contribution in [0.15, 0.2) is 0 Å². The van der Waals surface area contributed by atoms with Gasteiger partial charge in [0.15, 0.2) is 0 Å². The van der Waals surface area contributed by atoms with Crippen molar-refractivity contribution in [3.63, 3.8) is 0 Å². The molecule has 0 aliphatic heterocycles. The molecular weight excluding hydrogens is 205 g/mol. The van der Waals surface area contributed by atoms with Crippen molar-refractivity contribution >= 4 is 0 Å². The van der Waals surface area contributed by atoms with Gasteiger partial charge in [0.1, 0.15) is 6.10 Å². The second kappa shape index (κ2) is 7.97. The van der Waals surface area contributed by atoms with E-state index in [0.717, 1.165) is 38.5 Å². The highest BCUT2D eigenvalue weighted by molar-refractivity contribution is 4.64. The lowest BCUT2D eigenvalue weighted by Gasteiger charge is -2.13. The van der Waals surface area contributed by atoms with Crippen molar-refractivity contribution < 1.29 is 18.3 Å². The minimum absolute atomic E-state index is 0.168. The topological polar surface area (TPSA) is 20.2 Å². The Morgan fingerprint density at radius 3 is 1.87 bits per heavy atom. The molecule has 0 heterocycles. The normalized spacial score (nSPS) is 14.2. The second-order valence-corrected chi connectivity index (χ2v) is 3.82. The third kappa shape index (κ3) is 8.73. The van der Waals surface area contributed by atoms with Crippen molar-refractivity contribution in [2.45, 2.75) is 63.6 Å². The first-order valence-corrected chi connectivity index (χ1v) is 5.52. The molecular formula is C11H20F3O. The molecule has 0 spiro atoms. The van der Waals surface area contributed by atoms with E-state index in [0.29, 0.717) is 6.42 Å². The summed E-state index contributed by atoms with van der Waals surface area (Å²) in [5, 5.41) is 8.69. The molecule has 0 saturated carbocycles. The first-order valence-electron chi connectivity index (χ1n) is 5.52. The standard InChI is InChI=1S/C11H20F3O/c1-2-3-4-5-6-7-8-9-10(15)11(12,13)14/h10,15H,1-9H2. The van der Waals surface area contributed by atoms with E-state index in [4.69, 9.17) is 5.11 Å². The number of unbranched alkanes of at least 4 members (excludes halogenated alkanes) is 6. The smallest absolute Gasteiger partial charge is 0.384 e. The van der Waals surface area contributed by atoms with Gasteiger partial charge in [-0.25, -0.2) is 0 Å². The molecule has 0 amide bonds. The maximum atomic E-state index is 11.9. The highest BCUT2D eigenvalue weighted by Gasteiger charge is 2.37. The molecule has 0 aliphatic rings. The Kier molecular flexibility index (Phi) is 7.83. The van der Waals surface area contributed by atoms with Crippen LogP contribution < -0.4 is 0 Å². The quantitative estimate of drug-likeness (QED) is 0.622. The van der Waals surface area contributed by atoms with Gasteiger partial charge in [0, 0.05) is 0 Å². The van der Waals surface area contributed by atoms with Gasteiger partial charge in [0.25, 0.3) is 0 Å². The Hall–Kier alpha value is -0.250. The minimum atomic E-state index is -4.45. The molecule has 0 bridgehead atoms. The van der Waals surface area contributed by atoms with Crippen LogP contribution in [0.5, 0.6) is 0 Å². The minimum Gasteiger partial charge on any atom is -0.384 e. The average molecular weight is 225 g/mol. The molecule has 0 aromatic rings. The summed E-state index contributed by atoms with van der Waals surface area (Å²) in [5.41, 5.74) is 0. The van der Waals surface area contributed by atoms with Gasteiger partial charge in [-0.3, -0.25) is 0 Å². The van der Waals surface area contributed by atoms with Gasteiger partial charge >= 0.3 is 6.18 Å². The predicted octanol–water partition coefficient (Wildman–Crippen LogP) is 3.86. The van der Waals surface area contributed by atoms with Gasteiger partial charge in [-0.05, 0) is 6.42 Å². The highest BCUT2D eigenvalue weighted by Crippen LogP contribution is 2.24. The Morgan fingerprint density at radius 1 is 0.933 bits per heavy atom. The van der Waals surface area contributed by atoms with E-state index in [1.807, 2.05) is 0 Å². The van der Waals surface area contributed by atoms with Crippen LogP contribution in [0.1, 0.15) is 51.4 Å². The van der Waals surface area contributed by atoms with Crippen LogP contribution in [0.2, 0.25) is 0 Å². The predicted molar refractivity (Wildman–Crippen MR) is 54.4 cm³/mol. The fourth-order valence-corrected chi connectivity index (χ4v) is 1.39. The van der Waals surface area contributed by atoms with Gasteiger partial charge in [0.05, 0.1) is 0 Å². The Labute approximate surface area is 89.7 Å². The number of halogens is 3. The molecule has 0 aromatic carbocycles. The van der Waals surface area contributed by atoms with Crippen LogP contribution in [0.3, 0.4) is 0 Å². The molecule has 0 aromatic heterocycles. The zero-order chi connectivity index (χ0) is 11.7. The fraction of sp³-hybridized carbons (Fsp3) is 0.909. The number of alkyl halides is 3. The first kappa shape index (κ1) is 14.8. The van der Waals surface area contributed by atoms with E-state index in [2.05, 4.69) is 6.92 Å². The molecule has 1 radical (unpaired) electrons. The van der Waals surface area contributed by atoms with Gasteiger partial charge < -0.3 is 5.11 Å². The summed E-state index contributed by atoms with van der Waals surface area (Å²) in [6.07, 6.45) is -0.426. The fourth-order valence-electron chi connectivity index (χ4n) is 1.39. The van der Waals surface area contributed by atoms with Crippen molar-refractivity contribution in [2.24, 2.45) is 0 Å². The summed E-state index contributed by atoms with van der Waals surface area (Å²) in [6.45, 7) is 3.71. The van der Waals surface area contributed by atoms with Crippen molar-refractivity contribution in [3.05, 3.63) is 6.92 Å². The molecule has 0 aliphatic carbocycles. The summed E-state index contributed by atoms with van der Waals surface area (Å²) in [5.74, 6) is 0. The van der Waals surface area contributed by atoms with Crippen molar-refractivity contribution in [3.8, 4) is 0 Å². The van der Waals surface area contributed by atoms with Gasteiger partial charge in [0.2, 0.25) is 0 Å². The summed E-state index contributed by atoms with van der Waals surface area (Å²) in [4.78, 5) is 0. The van der Waals surface area contributed by atoms with Gasteiger partial charge in [-0.1, -0.05) is 51.9 Å². The summed E-state index contributed by atoms with van der Waals surface area (Å²) >= 11 is 0. The number of aliphatic hydroxyl groups is 1.